The van der Waals surface area contributed by atoms with Gasteiger partial charge in [-0.05, 0) is 31.8 Å². The van der Waals surface area contributed by atoms with Crippen LogP contribution in [0.25, 0.3) is 0 Å². The van der Waals surface area contributed by atoms with Gasteiger partial charge in [0.25, 0.3) is 0 Å². The highest BCUT2D eigenvalue weighted by Gasteiger charge is 2.08. The Bertz CT molecular complexity index is 183. The van der Waals surface area contributed by atoms with Gasteiger partial charge >= 0.3 is 5.97 Å². The Labute approximate surface area is 79.2 Å². The fourth-order valence-corrected chi connectivity index (χ4v) is 1.48. The number of ether oxygens (including phenoxy) is 1. The van der Waals surface area contributed by atoms with E-state index in [1.807, 2.05) is 6.08 Å². The molecule has 0 amide bonds. The molecule has 74 valence electrons. The third kappa shape index (κ3) is 4.08. The Kier molecular flexibility index (Phi) is 4.54. The van der Waals surface area contributed by atoms with E-state index in [-0.39, 0.29) is 5.97 Å². The van der Waals surface area contributed by atoms with Crippen LogP contribution < -0.4 is 5.32 Å². The first-order chi connectivity index (χ1) is 6.33. The Morgan fingerprint density at radius 1 is 1.54 bits per heavy atom. The Morgan fingerprint density at radius 3 is 2.85 bits per heavy atom. The summed E-state index contributed by atoms with van der Waals surface area (Å²) in [6, 6.07) is 0. The van der Waals surface area contributed by atoms with Crippen molar-refractivity contribution in [2.24, 2.45) is 5.92 Å². The van der Waals surface area contributed by atoms with Crippen molar-refractivity contribution in [1.29, 1.82) is 0 Å². The standard InChI is InChI=1S/C10H17NO2/c1-13-10(12)4-2-3-9-5-7-11-8-6-9/h2-3,9,11H,4-8H2,1H3/b3-2-. The molecule has 3 nitrogen and oxygen atoms in total. The van der Waals surface area contributed by atoms with Crippen LogP contribution in [0.15, 0.2) is 12.2 Å². The predicted molar refractivity (Wildman–Crippen MR) is 51.4 cm³/mol. The number of esters is 1. The average molecular weight is 183 g/mol. The van der Waals surface area contributed by atoms with Crippen LogP contribution in [0, 0.1) is 5.92 Å². The molecule has 1 rings (SSSR count). The molecule has 1 aliphatic rings. The maximum atomic E-state index is 10.8. The fraction of sp³-hybridized carbons (Fsp3) is 0.700. The number of hydrogen-bond acceptors (Lipinski definition) is 3. The van der Waals surface area contributed by atoms with Crippen LogP contribution in [-0.4, -0.2) is 26.2 Å². The summed E-state index contributed by atoms with van der Waals surface area (Å²) in [7, 11) is 1.42. The third-order valence-electron chi connectivity index (χ3n) is 2.30. The Balaban J connectivity index is 2.18. The smallest absolute Gasteiger partial charge is 0.309 e. The SMILES string of the molecule is COC(=O)C/C=C\C1CCNCC1. The van der Waals surface area contributed by atoms with Gasteiger partial charge in [0.15, 0.2) is 0 Å². The second-order valence-electron chi connectivity index (χ2n) is 3.30. The Hall–Kier alpha value is -0.830. The molecule has 0 atom stereocenters. The zero-order valence-corrected chi connectivity index (χ0v) is 8.08. The first-order valence-corrected chi connectivity index (χ1v) is 4.77. The molecule has 1 heterocycles. The van der Waals surface area contributed by atoms with E-state index >= 15 is 0 Å². The lowest BCUT2D eigenvalue weighted by Gasteiger charge is -2.18. The molecular weight excluding hydrogens is 166 g/mol. The minimum absolute atomic E-state index is 0.162. The van der Waals surface area contributed by atoms with Crippen LogP contribution in [0.3, 0.4) is 0 Å². The van der Waals surface area contributed by atoms with Crippen LogP contribution in [0.2, 0.25) is 0 Å². The van der Waals surface area contributed by atoms with E-state index in [0.717, 1.165) is 13.1 Å². The highest BCUT2D eigenvalue weighted by atomic mass is 16.5. The molecule has 0 unspecified atom stereocenters. The number of methoxy groups -OCH3 is 1. The lowest BCUT2D eigenvalue weighted by Crippen LogP contribution is -2.26. The quantitative estimate of drug-likeness (QED) is 0.526. The number of piperidine rings is 1. The highest BCUT2D eigenvalue weighted by Crippen LogP contribution is 2.12. The van der Waals surface area contributed by atoms with Gasteiger partial charge in [-0.15, -0.1) is 0 Å². The molecule has 0 bridgehead atoms. The van der Waals surface area contributed by atoms with Crippen molar-refractivity contribution in [3.8, 4) is 0 Å². The monoisotopic (exact) mass is 183 g/mol. The topological polar surface area (TPSA) is 38.3 Å². The second-order valence-corrected chi connectivity index (χ2v) is 3.30. The zero-order chi connectivity index (χ0) is 9.52. The summed E-state index contributed by atoms with van der Waals surface area (Å²) < 4.78 is 4.54. The normalized spacial score (nSPS) is 19.2. The molecule has 0 aromatic heterocycles. The van der Waals surface area contributed by atoms with Crippen LogP contribution in [-0.2, 0) is 9.53 Å². The van der Waals surface area contributed by atoms with Gasteiger partial charge in [0.1, 0.15) is 0 Å². The number of hydrogen-bond donors (Lipinski definition) is 1. The summed E-state index contributed by atoms with van der Waals surface area (Å²) in [4.78, 5) is 10.8. The molecule has 0 aliphatic carbocycles. The van der Waals surface area contributed by atoms with Gasteiger partial charge in [-0.3, -0.25) is 4.79 Å². The number of nitrogens with one attached hydrogen (secondary N) is 1. The minimum Gasteiger partial charge on any atom is -0.469 e. The van der Waals surface area contributed by atoms with E-state index < -0.39 is 0 Å². The minimum atomic E-state index is -0.162. The van der Waals surface area contributed by atoms with Crippen molar-refractivity contribution in [3.63, 3.8) is 0 Å². The van der Waals surface area contributed by atoms with Crippen LogP contribution in [0.4, 0.5) is 0 Å². The molecule has 13 heavy (non-hydrogen) atoms. The van der Waals surface area contributed by atoms with E-state index in [1.54, 1.807) is 0 Å². The number of carbonyl (C=O) groups is 1. The molecule has 0 aromatic carbocycles. The highest BCUT2D eigenvalue weighted by molar-refractivity contribution is 5.70. The summed E-state index contributed by atoms with van der Waals surface area (Å²) in [6.45, 7) is 2.18. The number of allylic oxidation sites excluding steroid dienone is 1. The molecule has 1 aliphatic heterocycles. The van der Waals surface area contributed by atoms with E-state index in [9.17, 15) is 4.79 Å². The van der Waals surface area contributed by atoms with Gasteiger partial charge in [-0.1, -0.05) is 12.2 Å². The lowest BCUT2D eigenvalue weighted by molar-refractivity contribution is -0.139. The average Bonchev–Trinajstić information content (AvgIpc) is 2.19. The summed E-state index contributed by atoms with van der Waals surface area (Å²) in [5.41, 5.74) is 0. The first kappa shape index (κ1) is 10.3. The molecule has 1 N–H and O–H groups in total. The van der Waals surface area contributed by atoms with E-state index in [2.05, 4.69) is 16.1 Å². The lowest BCUT2D eigenvalue weighted by atomic mass is 9.97. The van der Waals surface area contributed by atoms with Gasteiger partial charge in [0, 0.05) is 0 Å². The van der Waals surface area contributed by atoms with Gasteiger partial charge in [0.05, 0.1) is 13.5 Å². The number of carbonyl (C=O) groups excluding carboxylic acids is 1. The number of rotatable bonds is 3. The molecule has 1 fully saturated rings. The van der Waals surface area contributed by atoms with Gasteiger partial charge in [-0.25, -0.2) is 0 Å². The maximum Gasteiger partial charge on any atom is 0.309 e. The van der Waals surface area contributed by atoms with Crippen molar-refractivity contribution < 1.29 is 9.53 Å². The molecule has 0 spiro atoms. The van der Waals surface area contributed by atoms with Crippen LogP contribution in [0.1, 0.15) is 19.3 Å². The second kappa shape index (κ2) is 5.75. The molecule has 0 aromatic rings. The van der Waals surface area contributed by atoms with E-state index in [4.69, 9.17) is 0 Å². The van der Waals surface area contributed by atoms with Crippen molar-refractivity contribution in [2.75, 3.05) is 20.2 Å². The summed E-state index contributed by atoms with van der Waals surface area (Å²) in [5, 5.41) is 3.30. The Morgan fingerprint density at radius 2 is 2.23 bits per heavy atom. The van der Waals surface area contributed by atoms with E-state index in [1.165, 1.54) is 20.0 Å². The van der Waals surface area contributed by atoms with Gasteiger partial charge < -0.3 is 10.1 Å². The predicted octanol–water partition coefficient (Wildman–Crippen LogP) is 1.11. The van der Waals surface area contributed by atoms with Crippen molar-refractivity contribution in [3.05, 3.63) is 12.2 Å². The zero-order valence-electron chi connectivity index (χ0n) is 8.08. The summed E-state index contributed by atoms with van der Waals surface area (Å²) in [6.07, 6.45) is 6.81. The van der Waals surface area contributed by atoms with Crippen molar-refractivity contribution in [1.82, 2.24) is 5.32 Å². The molecule has 3 heteroatoms. The molecular formula is C10H17NO2. The molecule has 1 saturated heterocycles. The van der Waals surface area contributed by atoms with E-state index in [0.29, 0.717) is 12.3 Å². The maximum absolute atomic E-state index is 10.8. The van der Waals surface area contributed by atoms with Gasteiger partial charge in [-0.2, -0.15) is 0 Å². The van der Waals surface area contributed by atoms with Gasteiger partial charge in [0.2, 0.25) is 0 Å². The molecule has 0 saturated carbocycles. The van der Waals surface area contributed by atoms with Crippen LogP contribution in [0.5, 0.6) is 0 Å². The van der Waals surface area contributed by atoms with Crippen molar-refractivity contribution >= 4 is 5.97 Å². The fourth-order valence-electron chi connectivity index (χ4n) is 1.48. The largest absolute Gasteiger partial charge is 0.469 e. The van der Waals surface area contributed by atoms with Crippen molar-refractivity contribution in [2.45, 2.75) is 19.3 Å². The van der Waals surface area contributed by atoms with Crippen LogP contribution >= 0.6 is 0 Å². The third-order valence-corrected chi connectivity index (χ3v) is 2.30. The summed E-state index contributed by atoms with van der Waals surface area (Å²) in [5.74, 6) is 0.482. The first-order valence-electron chi connectivity index (χ1n) is 4.77. The summed E-state index contributed by atoms with van der Waals surface area (Å²) >= 11 is 0. The molecule has 0 radical (unpaired) electrons.